The third kappa shape index (κ3) is 4.44. The third-order valence-electron chi connectivity index (χ3n) is 2.54. The maximum atomic E-state index is 12.0. The molecule has 0 saturated heterocycles. The first-order valence-corrected chi connectivity index (χ1v) is 7.70. The topological polar surface area (TPSA) is 42.2 Å². The van der Waals surface area contributed by atoms with Gasteiger partial charge in [0, 0.05) is 10.2 Å². The van der Waals surface area contributed by atoms with Crippen LogP contribution in [-0.4, -0.2) is 11.2 Å². The summed E-state index contributed by atoms with van der Waals surface area (Å²) in [6.07, 6.45) is 1.64. The highest BCUT2D eigenvalue weighted by Crippen LogP contribution is 2.20. The van der Waals surface area contributed by atoms with Crippen LogP contribution in [0.25, 0.3) is 0 Å². The molecule has 100 valence electrons. The number of halogens is 1. The van der Waals surface area contributed by atoms with E-state index >= 15 is 0 Å². The molecule has 5 heteroatoms. The quantitative estimate of drug-likeness (QED) is 0.882. The van der Waals surface area contributed by atoms with Gasteiger partial charge in [-0.3, -0.25) is 4.79 Å². The number of rotatable bonds is 5. The Morgan fingerprint density at radius 1 is 1.37 bits per heavy atom. The zero-order chi connectivity index (χ0) is 13.7. The van der Waals surface area contributed by atoms with Gasteiger partial charge < -0.3 is 9.73 Å². The van der Waals surface area contributed by atoms with E-state index in [1.165, 1.54) is 0 Å². The van der Waals surface area contributed by atoms with Crippen molar-refractivity contribution in [3.63, 3.8) is 0 Å². The second-order valence-electron chi connectivity index (χ2n) is 4.03. The molecule has 1 heterocycles. The van der Waals surface area contributed by atoms with Crippen LogP contribution in [0.5, 0.6) is 0 Å². The van der Waals surface area contributed by atoms with Crippen LogP contribution in [-0.2, 0) is 10.5 Å². The first kappa shape index (κ1) is 14.2. The monoisotopic (exact) mass is 339 g/mol. The Morgan fingerprint density at radius 2 is 2.11 bits per heavy atom. The van der Waals surface area contributed by atoms with Crippen molar-refractivity contribution in [3.8, 4) is 0 Å². The Hall–Kier alpha value is -1.20. The summed E-state index contributed by atoms with van der Waals surface area (Å²) in [5.41, 5.74) is 0.804. The molecule has 1 atom stereocenters. The Bertz CT molecular complexity index is 525. The molecule has 0 aliphatic carbocycles. The minimum atomic E-state index is -0.131. The number of furan rings is 1. The highest BCUT2D eigenvalue weighted by atomic mass is 79.9. The van der Waals surface area contributed by atoms with Crippen LogP contribution in [0.15, 0.2) is 51.6 Å². The van der Waals surface area contributed by atoms with Gasteiger partial charge in [0.1, 0.15) is 5.76 Å². The van der Waals surface area contributed by atoms with Crippen molar-refractivity contribution in [1.29, 1.82) is 0 Å². The lowest BCUT2D eigenvalue weighted by Crippen LogP contribution is -2.22. The number of benzene rings is 1. The number of thioether (sulfide) groups is 1. The van der Waals surface area contributed by atoms with E-state index in [-0.39, 0.29) is 11.2 Å². The SMILES string of the molecule is C[C@@H](SCc1ccco1)C(=O)Nc1ccc(Br)cc1. The van der Waals surface area contributed by atoms with Gasteiger partial charge in [-0.25, -0.2) is 0 Å². The molecule has 0 fully saturated rings. The van der Waals surface area contributed by atoms with Crippen molar-refractivity contribution >= 4 is 39.3 Å². The number of hydrogen-bond donors (Lipinski definition) is 1. The maximum Gasteiger partial charge on any atom is 0.237 e. The zero-order valence-corrected chi connectivity index (χ0v) is 12.8. The summed E-state index contributed by atoms with van der Waals surface area (Å²) in [6, 6.07) is 11.3. The molecule has 0 bridgehead atoms. The molecule has 0 aliphatic heterocycles. The summed E-state index contributed by atoms with van der Waals surface area (Å²) in [6.45, 7) is 1.89. The molecule has 3 nitrogen and oxygen atoms in total. The van der Waals surface area contributed by atoms with Crippen molar-refractivity contribution < 1.29 is 9.21 Å². The molecule has 2 aromatic rings. The fourth-order valence-corrected chi connectivity index (χ4v) is 2.51. The zero-order valence-electron chi connectivity index (χ0n) is 10.4. The van der Waals surface area contributed by atoms with E-state index in [1.807, 2.05) is 43.3 Å². The Labute approximate surface area is 124 Å². The summed E-state index contributed by atoms with van der Waals surface area (Å²) in [5, 5.41) is 2.76. The van der Waals surface area contributed by atoms with Gasteiger partial charge in [0.25, 0.3) is 0 Å². The van der Waals surface area contributed by atoms with Gasteiger partial charge in [-0.05, 0) is 43.3 Å². The van der Waals surface area contributed by atoms with Crippen molar-refractivity contribution in [2.45, 2.75) is 17.9 Å². The van der Waals surface area contributed by atoms with Crippen LogP contribution < -0.4 is 5.32 Å². The molecule has 19 heavy (non-hydrogen) atoms. The van der Waals surface area contributed by atoms with Crippen molar-refractivity contribution in [3.05, 3.63) is 52.9 Å². The summed E-state index contributed by atoms with van der Waals surface area (Å²) < 4.78 is 6.23. The fraction of sp³-hybridized carbons (Fsp3) is 0.214. The Balaban J connectivity index is 1.83. The van der Waals surface area contributed by atoms with E-state index in [1.54, 1.807) is 18.0 Å². The Kier molecular flexibility index (Phi) is 5.10. The number of hydrogen-bond acceptors (Lipinski definition) is 3. The van der Waals surface area contributed by atoms with Crippen LogP contribution >= 0.6 is 27.7 Å². The second kappa shape index (κ2) is 6.82. The van der Waals surface area contributed by atoms with E-state index < -0.39 is 0 Å². The van der Waals surface area contributed by atoms with E-state index in [2.05, 4.69) is 21.2 Å². The van der Waals surface area contributed by atoms with Gasteiger partial charge in [-0.2, -0.15) is 0 Å². The van der Waals surface area contributed by atoms with Gasteiger partial charge in [0.2, 0.25) is 5.91 Å². The fourth-order valence-electron chi connectivity index (χ4n) is 1.45. The summed E-state index contributed by atoms with van der Waals surface area (Å²) in [7, 11) is 0. The average Bonchev–Trinajstić information content (AvgIpc) is 2.91. The molecular formula is C14H14BrNO2S. The lowest BCUT2D eigenvalue weighted by molar-refractivity contribution is -0.115. The molecule has 0 radical (unpaired) electrons. The highest BCUT2D eigenvalue weighted by molar-refractivity contribution is 9.10. The average molecular weight is 340 g/mol. The van der Waals surface area contributed by atoms with E-state index in [0.29, 0.717) is 5.75 Å². The van der Waals surface area contributed by atoms with Crippen LogP contribution in [0.1, 0.15) is 12.7 Å². The molecule has 1 N–H and O–H groups in total. The first-order valence-electron chi connectivity index (χ1n) is 5.85. The first-order chi connectivity index (χ1) is 9.15. The van der Waals surface area contributed by atoms with Crippen LogP contribution in [0.3, 0.4) is 0 Å². The van der Waals surface area contributed by atoms with Gasteiger partial charge >= 0.3 is 0 Å². The molecule has 0 aliphatic rings. The molecular weight excluding hydrogens is 326 g/mol. The van der Waals surface area contributed by atoms with Gasteiger partial charge in [0.05, 0.1) is 17.3 Å². The Morgan fingerprint density at radius 3 is 2.74 bits per heavy atom. The summed E-state index contributed by atoms with van der Waals surface area (Å²) in [4.78, 5) is 12.0. The largest absolute Gasteiger partial charge is 0.468 e. The van der Waals surface area contributed by atoms with Crippen LogP contribution in [0, 0.1) is 0 Å². The number of nitrogens with one attached hydrogen (secondary N) is 1. The van der Waals surface area contributed by atoms with E-state index in [0.717, 1.165) is 15.9 Å². The van der Waals surface area contributed by atoms with Crippen molar-refractivity contribution in [1.82, 2.24) is 0 Å². The number of amides is 1. The van der Waals surface area contributed by atoms with Gasteiger partial charge in [-0.15, -0.1) is 11.8 Å². The molecule has 0 unspecified atom stereocenters. The second-order valence-corrected chi connectivity index (χ2v) is 6.27. The van der Waals surface area contributed by atoms with Gasteiger partial charge in [0.15, 0.2) is 0 Å². The standard InChI is InChI=1S/C14H14BrNO2S/c1-10(19-9-13-3-2-8-18-13)14(17)16-12-6-4-11(15)5-7-12/h2-8,10H,9H2,1H3,(H,16,17)/t10-/m1/s1. The lowest BCUT2D eigenvalue weighted by atomic mass is 10.3. The predicted octanol–water partition coefficient (Wildman–Crippen LogP) is 4.30. The maximum absolute atomic E-state index is 12.0. The number of anilines is 1. The van der Waals surface area contributed by atoms with E-state index in [9.17, 15) is 4.79 Å². The van der Waals surface area contributed by atoms with Crippen molar-refractivity contribution in [2.24, 2.45) is 0 Å². The third-order valence-corrected chi connectivity index (χ3v) is 4.23. The minimum Gasteiger partial charge on any atom is -0.468 e. The summed E-state index contributed by atoms with van der Waals surface area (Å²) >= 11 is 4.91. The molecule has 1 aromatic carbocycles. The molecule has 1 amide bonds. The lowest BCUT2D eigenvalue weighted by Gasteiger charge is -2.11. The molecule has 0 spiro atoms. The van der Waals surface area contributed by atoms with Crippen LogP contribution in [0.4, 0.5) is 5.69 Å². The highest BCUT2D eigenvalue weighted by Gasteiger charge is 2.14. The van der Waals surface area contributed by atoms with Crippen LogP contribution in [0.2, 0.25) is 0 Å². The van der Waals surface area contributed by atoms with E-state index in [4.69, 9.17) is 4.42 Å². The minimum absolute atomic E-state index is 0.00104. The normalized spacial score (nSPS) is 12.1. The van der Waals surface area contributed by atoms with Gasteiger partial charge in [-0.1, -0.05) is 15.9 Å². The summed E-state index contributed by atoms with van der Waals surface area (Å²) in [5.74, 6) is 1.58. The number of carbonyl (C=O) groups excluding carboxylic acids is 1. The molecule has 1 aromatic heterocycles. The molecule has 2 rings (SSSR count). The number of carbonyl (C=O) groups is 1. The molecule has 0 saturated carbocycles. The van der Waals surface area contributed by atoms with Crippen molar-refractivity contribution in [2.75, 3.05) is 5.32 Å². The smallest absolute Gasteiger partial charge is 0.237 e. The predicted molar refractivity (Wildman–Crippen MR) is 82.2 cm³/mol.